The SMILES string of the molecule is CCOC(=O)CCCCOc1cccc(CCCC[C@@H]2CC3=CC(=O)CC[C@]3(C)C3CC[C@@]4(C)C(CC[C@]4(C)O)C32)c1. The Morgan fingerprint density at radius 3 is 2.64 bits per heavy atom. The van der Waals surface area contributed by atoms with E-state index in [0.29, 0.717) is 55.5 Å². The minimum absolute atomic E-state index is 0.00767. The monoisotopic (exact) mass is 578 g/mol. The molecular formula is C37H54O5. The molecule has 4 aliphatic rings. The fourth-order valence-electron chi connectivity index (χ4n) is 9.57. The number of hydrogen-bond donors (Lipinski definition) is 1. The van der Waals surface area contributed by atoms with Crippen LogP contribution in [0.3, 0.4) is 0 Å². The van der Waals surface area contributed by atoms with Crippen molar-refractivity contribution in [2.45, 2.75) is 123 Å². The Hall–Kier alpha value is -2.14. The van der Waals surface area contributed by atoms with Gasteiger partial charge in [0.05, 0.1) is 18.8 Å². The van der Waals surface area contributed by atoms with Crippen LogP contribution in [-0.4, -0.2) is 35.7 Å². The van der Waals surface area contributed by atoms with Crippen LogP contribution in [0.1, 0.15) is 117 Å². The van der Waals surface area contributed by atoms with Crippen molar-refractivity contribution in [2.24, 2.45) is 34.5 Å². The second-order valence-corrected chi connectivity index (χ2v) is 14.6. The van der Waals surface area contributed by atoms with Gasteiger partial charge in [0.1, 0.15) is 5.75 Å². The molecule has 0 aliphatic heterocycles. The molecule has 3 fully saturated rings. The maximum atomic E-state index is 12.5. The summed E-state index contributed by atoms with van der Waals surface area (Å²) in [5.41, 5.74) is 2.34. The van der Waals surface area contributed by atoms with E-state index in [-0.39, 0.29) is 16.8 Å². The Morgan fingerprint density at radius 2 is 1.83 bits per heavy atom. The number of carbonyl (C=O) groups excluding carboxylic acids is 2. The van der Waals surface area contributed by atoms with E-state index in [0.717, 1.165) is 63.5 Å². The number of ketones is 1. The van der Waals surface area contributed by atoms with E-state index in [2.05, 4.69) is 39.0 Å². The molecule has 42 heavy (non-hydrogen) atoms. The number of hydrogen-bond acceptors (Lipinski definition) is 5. The fourth-order valence-corrected chi connectivity index (χ4v) is 9.57. The van der Waals surface area contributed by atoms with Gasteiger partial charge in [-0.15, -0.1) is 0 Å². The van der Waals surface area contributed by atoms with Gasteiger partial charge in [-0.2, -0.15) is 0 Å². The molecule has 0 spiro atoms. The number of rotatable bonds is 12. The Balaban J connectivity index is 1.18. The lowest BCUT2D eigenvalue weighted by molar-refractivity contribution is -0.143. The molecule has 1 aromatic rings. The normalized spacial score (nSPS) is 35.5. The Labute approximate surface area is 253 Å². The van der Waals surface area contributed by atoms with Gasteiger partial charge >= 0.3 is 5.97 Å². The topological polar surface area (TPSA) is 72.8 Å². The van der Waals surface area contributed by atoms with E-state index >= 15 is 0 Å². The summed E-state index contributed by atoms with van der Waals surface area (Å²) < 4.78 is 11.0. The van der Waals surface area contributed by atoms with Crippen LogP contribution in [0.2, 0.25) is 0 Å². The number of ether oxygens (including phenoxy) is 2. The molecule has 0 bridgehead atoms. The quantitative estimate of drug-likeness (QED) is 0.201. The van der Waals surface area contributed by atoms with Crippen LogP contribution < -0.4 is 4.74 Å². The van der Waals surface area contributed by atoms with Crippen molar-refractivity contribution in [1.82, 2.24) is 0 Å². The zero-order valence-electron chi connectivity index (χ0n) is 26.6. The lowest BCUT2D eigenvalue weighted by Gasteiger charge is -2.61. The number of benzene rings is 1. The van der Waals surface area contributed by atoms with Gasteiger partial charge < -0.3 is 14.6 Å². The van der Waals surface area contributed by atoms with Crippen molar-refractivity contribution in [3.63, 3.8) is 0 Å². The molecule has 0 amide bonds. The van der Waals surface area contributed by atoms with E-state index in [1.54, 1.807) is 0 Å². The average Bonchev–Trinajstić information content (AvgIpc) is 3.20. The fraction of sp³-hybridized carbons (Fsp3) is 0.730. The number of allylic oxidation sites excluding steroid dienone is 1. The summed E-state index contributed by atoms with van der Waals surface area (Å²) in [5, 5.41) is 11.5. The molecule has 1 N–H and O–H groups in total. The van der Waals surface area contributed by atoms with Crippen LogP contribution in [0.15, 0.2) is 35.9 Å². The number of aryl methyl sites for hydroxylation is 1. The van der Waals surface area contributed by atoms with Crippen molar-refractivity contribution in [1.29, 1.82) is 0 Å². The van der Waals surface area contributed by atoms with Crippen LogP contribution in [0.4, 0.5) is 0 Å². The Kier molecular flexibility index (Phi) is 9.57. The molecule has 5 nitrogen and oxygen atoms in total. The van der Waals surface area contributed by atoms with E-state index < -0.39 is 5.60 Å². The summed E-state index contributed by atoms with van der Waals surface area (Å²) in [6, 6.07) is 8.46. The van der Waals surface area contributed by atoms with Crippen molar-refractivity contribution in [2.75, 3.05) is 13.2 Å². The summed E-state index contributed by atoms with van der Waals surface area (Å²) in [6.45, 7) is 9.82. The first-order valence-electron chi connectivity index (χ1n) is 16.9. The van der Waals surface area contributed by atoms with Gasteiger partial charge in [-0.05, 0) is 143 Å². The number of esters is 1. The molecule has 3 saturated carbocycles. The Bertz CT molecular complexity index is 1150. The third-order valence-electron chi connectivity index (χ3n) is 12.2. The van der Waals surface area contributed by atoms with Gasteiger partial charge in [-0.1, -0.05) is 38.0 Å². The standard InChI is InChI=1S/C37H54O5/c1-5-41-33(39)15-8-9-22-42-30-14-10-12-26(23-30)11-6-7-13-27-24-28-25-29(38)16-19-35(28,2)31-17-20-36(3)32(34(27)31)18-21-37(36,4)40/h10,12,14,23,25,27,31-32,34,40H,5-9,11,13,15-22,24H2,1-4H3/t27-,31?,32?,34?,35+,36+,37+/m1/s1. The van der Waals surface area contributed by atoms with Crippen LogP contribution in [-0.2, 0) is 20.7 Å². The lowest BCUT2D eigenvalue weighted by Crippen LogP contribution is -2.56. The number of unbranched alkanes of at least 4 members (excludes halogenated alkanes) is 2. The van der Waals surface area contributed by atoms with Gasteiger partial charge in [0.2, 0.25) is 0 Å². The second-order valence-electron chi connectivity index (χ2n) is 14.6. The molecule has 3 unspecified atom stereocenters. The lowest BCUT2D eigenvalue weighted by atomic mass is 9.44. The molecule has 7 atom stereocenters. The number of carbonyl (C=O) groups is 2. The van der Waals surface area contributed by atoms with Gasteiger partial charge in [-0.25, -0.2) is 0 Å². The van der Waals surface area contributed by atoms with E-state index in [1.807, 2.05) is 19.1 Å². The first-order chi connectivity index (χ1) is 20.1. The summed E-state index contributed by atoms with van der Waals surface area (Å²) in [5.74, 6) is 3.56. The highest BCUT2D eigenvalue weighted by molar-refractivity contribution is 5.91. The van der Waals surface area contributed by atoms with Crippen LogP contribution >= 0.6 is 0 Å². The molecule has 5 heteroatoms. The maximum absolute atomic E-state index is 12.5. The first kappa shape index (κ1) is 31.3. The van der Waals surface area contributed by atoms with E-state index in [1.165, 1.54) is 30.4 Å². The second kappa shape index (κ2) is 12.8. The highest BCUT2D eigenvalue weighted by Gasteiger charge is 2.64. The van der Waals surface area contributed by atoms with Crippen LogP contribution in [0.5, 0.6) is 5.75 Å². The third-order valence-corrected chi connectivity index (χ3v) is 12.2. The van der Waals surface area contributed by atoms with Crippen LogP contribution in [0, 0.1) is 34.5 Å². The molecule has 1 aromatic carbocycles. The zero-order chi connectivity index (χ0) is 30.0. The van der Waals surface area contributed by atoms with Gasteiger partial charge in [0, 0.05) is 12.8 Å². The van der Waals surface area contributed by atoms with Crippen molar-refractivity contribution < 1.29 is 24.2 Å². The third kappa shape index (κ3) is 6.23. The molecule has 0 saturated heterocycles. The van der Waals surface area contributed by atoms with Crippen molar-refractivity contribution >= 4 is 11.8 Å². The van der Waals surface area contributed by atoms with Gasteiger partial charge in [0.25, 0.3) is 0 Å². The molecule has 232 valence electrons. The number of aliphatic hydroxyl groups is 1. The summed E-state index contributed by atoms with van der Waals surface area (Å²) in [6.07, 6.45) is 15.8. The van der Waals surface area contributed by atoms with E-state index in [4.69, 9.17) is 9.47 Å². The van der Waals surface area contributed by atoms with Crippen molar-refractivity contribution in [3.05, 3.63) is 41.5 Å². The van der Waals surface area contributed by atoms with Gasteiger partial charge in [0.15, 0.2) is 5.78 Å². The summed E-state index contributed by atoms with van der Waals surface area (Å²) in [7, 11) is 0. The zero-order valence-corrected chi connectivity index (χ0v) is 26.6. The highest BCUT2D eigenvalue weighted by Crippen LogP contribution is 2.69. The largest absolute Gasteiger partial charge is 0.494 e. The summed E-state index contributed by atoms with van der Waals surface area (Å²) >= 11 is 0. The van der Waals surface area contributed by atoms with E-state index in [9.17, 15) is 14.7 Å². The minimum atomic E-state index is -0.569. The smallest absolute Gasteiger partial charge is 0.305 e. The molecule has 0 radical (unpaired) electrons. The first-order valence-corrected chi connectivity index (χ1v) is 16.9. The summed E-state index contributed by atoms with van der Waals surface area (Å²) in [4.78, 5) is 24.0. The van der Waals surface area contributed by atoms with Gasteiger partial charge in [-0.3, -0.25) is 9.59 Å². The molecule has 0 aromatic heterocycles. The van der Waals surface area contributed by atoms with Crippen molar-refractivity contribution in [3.8, 4) is 5.75 Å². The Morgan fingerprint density at radius 1 is 1.02 bits per heavy atom. The van der Waals surface area contributed by atoms with Crippen LogP contribution in [0.25, 0.3) is 0 Å². The maximum Gasteiger partial charge on any atom is 0.305 e. The molecule has 5 rings (SSSR count). The predicted molar refractivity (Wildman–Crippen MR) is 166 cm³/mol. The predicted octanol–water partition coefficient (Wildman–Crippen LogP) is 8.02. The minimum Gasteiger partial charge on any atom is -0.494 e. The number of fused-ring (bicyclic) bond motifs is 5. The highest BCUT2D eigenvalue weighted by atomic mass is 16.5. The molecular weight excluding hydrogens is 524 g/mol. The average molecular weight is 579 g/mol. The molecule has 4 aliphatic carbocycles. The molecule has 0 heterocycles.